The summed E-state index contributed by atoms with van der Waals surface area (Å²) < 4.78 is 4.69. The van der Waals surface area contributed by atoms with Crippen LogP contribution in [0.1, 0.15) is 11.1 Å². The summed E-state index contributed by atoms with van der Waals surface area (Å²) in [6.45, 7) is 2.16. The molecule has 0 amide bonds. The second-order valence-electron chi connectivity index (χ2n) is 12.2. The molecule has 47 heavy (non-hydrogen) atoms. The first-order valence-electron chi connectivity index (χ1n) is 15.9. The summed E-state index contributed by atoms with van der Waals surface area (Å²) in [5, 5.41) is 14.4. The maximum Gasteiger partial charge on any atom is 0.0991 e. The predicted molar refractivity (Wildman–Crippen MR) is 195 cm³/mol. The van der Waals surface area contributed by atoms with Crippen LogP contribution in [0.4, 0.5) is 0 Å². The Balaban J connectivity index is 1.20. The Morgan fingerprint density at radius 2 is 0.915 bits per heavy atom. The van der Waals surface area contributed by atoms with Crippen molar-refractivity contribution >= 4 is 43.6 Å². The quantitative estimate of drug-likeness (QED) is 0.198. The highest BCUT2D eigenvalue weighted by Crippen LogP contribution is 2.38. The van der Waals surface area contributed by atoms with Crippen LogP contribution in [0.25, 0.3) is 77.2 Å². The Hall–Kier alpha value is -6.37. The molecule has 0 aliphatic rings. The number of aryl methyl sites for hydroxylation is 1. The van der Waals surface area contributed by atoms with E-state index in [4.69, 9.17) is 0 Å². The zero-order valence-electron chi connectivity index (χ0n) is 25.9. The minimum absolute atomic E-state index is 0.668. The van der Waals surface area contributed by atoms with Crippen LogP contribution in [0.5, 0.6) is 0 Å². The first-order chi connectivity index (χ1) is 23.2. The van der Waals surface area contributed by atoms with Gasteiger partial charge in [0.05, 0.1) is 33.7 Å². The van der Waals surface area contributed by atoms with Crippen LogP contribution in [0.2, 0.25) is 0 Å². The monoisotopic (exact) mass is 599 g/mol. The van der Waals surface area contributed by atoms with Crippen molar-refractivity contribution in [3.63, 3.8) is 0 Å². The molecular formula is C44H29N3. The van der Waals surface area contributed by atoms with Gasteiger partial charge in [0.2, 0.25) is 0 Å². The minimum atomic E-state index is 0.668. The average Bonchev–Trinajstić information content (AvgIpc) is 3.64. The van der Waals surface area contributed by atoms with Gasteiger partial charge in [-0.05, 0) is 95.9 Å². The van der Waals surface area contributed by atoms with Crippen LogP contribution < -0.4 is 0 Å². The molecule has 0 aliphatic heterocycles. The highest BCUT2D eigenvalue weighted by atomic mass is 15.0. The molecule has 3 nitrogen and oxygen atoms in total. The highest BCUT2D eigenvalue weighted by molar-refractivity contribution is 6.10. The van der Waals surface area contributed by atoms with Gasteiger partial charge in [0.15, 0.2) is 0 Å². The molecule has 2 heterocycles. The van der Waals surface area contributed by atoms with E-state index >= 15 is 0 Å². The third kappa shape index (κ3) is 4.27. The first-order valence-corrected chi connectivity index (χ1v) is 15.9. The molecule has 0 saturated heterocycles. The molecule has 9 aromatic rings. The summed E-state index contributed by atoms with van der Waals surface area (Å²) in [5.74, 6) is 0. The molecule has 7 aromatic carbocycles. The SMILES string of the molecule is Cc1ccc2c(c1)c1ccccc1n2-c1cccc(-c2ccccc2-c2cccc(-n3c4ccccc4c4cc(C#N)ccc43)c2)c1. The largest absolute Gasteiger partial charge is 0.309 e. The van der Waals surface area contributed by atoms with Crippen LogP contribution in [0, 0.1) is 18.3 Å². The lowest BCUT2D eigenvalue weighted by molar-refractivity contribution is 1.18. The van der Waals surface area contributed by atoms with Crippen LogP contribution >= 0.6 is 0 Å². The Bertz CT molecular complexity index is 2720. The van der Waals surface area contributed by atoms with E-state index in [0.29, 0.717) is 5.56 Å². The number of para-hydroxylation sites is 2. The van der Waals surface area contributed by atoms with E-state index in [-0.39, 0.29) is 0 Å². The number of nitriles is 1. The molecule has 3 heteroatoms. The van der Waals surface area contributed by atoms with Crippen molar-refractivity contribution in [2.24, 2.45) is 0 Å². The second-order valence-corrected chi connectivity index (χ2v) is 12.2. The average molecular weight is 600 g/mol. The lowest BCUT2D eigenvalue weighted by atomic mass is 9.94. The highest BCUT2D eigenvalue weighted by Gasteiger charge is 2.16. The number of aromatic nitrogens is 2. The van der Waals surface area contributed by atoms with Crippen molar-refractivity contribution in [3.8, 4) is 39.7 Å². The zero-order chi connectivity index (χ0) is 31.5. The third-order valence-electron chi connectivity index (χ3n) is 9.39. The molecule has 0 radical (unpaired) electrons. The fourth-order valence-corrected chi connectivity index (χ4v) is 7.30. The van der Waals surface area contributed by atoms with E-state index in [0.717, 1.165) is 38.7 Å². The summed E-state index contributed by atoms with van der Waals surface area (Å²) in [6, 6.07) is 58.5. The van der Waals surface area contributed by atoms with Gasteiger partial charge in [0.25, 0.3) is 0 Å². The van der Waals surface area contributed by atoms with E-state index in [9.17, 15) is 5.26 Å². The van der Waals surface area contributed by atoms with Crippen LogP contribution in [-0.2, 0) is 0 Å². The van der Waals surface area contributed by atoms with Crippen molar-refractivity contribution in [3.05, 3.63) is 169 Å². The number of fused-ring (bicyclic) bond motifs is 6. The fraction of sp³-hybridized carbons (Fsp3) is 0.0227. The van der Waals surface area contributed by atoms with E-state index in [1.54, 1.807) is 0 Å². The van der Waals surface area contributed by atoms with E-state index in [2.05, 4.69) is 168 Å². The summed E-state index contributed by atoms with van der Waals surface area (Å²) in [6.07, 6.45) is 0. The number of hydrogen-bond acceptors (Lipinski definition) is 1. The van der Waals surface area contributed by atoms with Crippen molar-refractivity contribution in [1.82, 2.24) is 9.13 Å². The molecule has 0 fully saturated rings. The van der Waals surface area contributed by atoms with Crippen LogP contribution in [0.3, 0.4) is 0 Å². The maximum atomic E-state index is 9.59. The molecule has 9 rings (SSSR count). The van der Waals surface area contributed by atoms with Gasteiger partial charge >= 0.3 is 0 Å². The van der Waals surface area contributed by atoms with E-state index in [1.165, 1.54) is 44.1 Å². The van der Waals surface area contributed by atoms with Crippen molar-refractivity contribution in [1.29, 1.82) is 5.26 Å². The van der Waals surface area contributed by atoms with E-state index in [1.807, 2.05) is 12.1 Å². The predicted octanol–water partition coefficient (Wildman–Crippen LogP) is 11.4. The van der Waals surface area contributed by atoms with Gasteiger partial charge in [0.1, 0.15) is 0 Å². The molecule has 0 atom stereocenters. The third-order valence-corrected chi connectivity index (χ3v) is 9.39. The van der Waals surface area contributed by atoms with Gasteiger partial charge < -0.3 is 9.13 Å². The minimum Gasteiger partial charge on any atom is -0.309 e. The lowest BCUT2D eigenvalue weighted by Gasteiger charge is -2.15. The van der Waals surface area contributed by atoms with Gasteiger partial charge in [-0.25, -0.2) is 0 Å². The number of nitrogens with zero attached hydrogens (tertiary/aromatic N) is 3. The summed E-state index contributed by atoms with van der Waals surface area (Å²) in [5.41, 5.74) is 13.5. The molecule has 0 bridgehead atoms. The fourth-order valence-electron chi connectivity index (χ4n) is 7.30. The van der Waals surface area contributed by atoms with Crippen molar-refractivity contribution in [2.45, 2.75) is 6.92 Å². The van der Waals surface area contributed by atoms with Crippen LogP contribution in [-0.4, -0.2) is 9.13 Å². The molecule has 0 saturated carbocycles. The summed E-state index contributed by atoms with van der Waals surface area (Å²) in [7, 11) is 0. The smallest absolute Gasteiger partial charge is 0.0991 e. The Morgan fingerprint density at radius 1 is 0.426 bits per heavy atom. The normalized spacial score (nSPS) is 11.5. The van der Waals surface area contributed by atoms with Crippen LogP contribution in [0.15, 0.2) is 158 Å². The summed E-state index contributed by atoms with van der Waals surface area (Å²) in [4.78, 5) is 0. The van der Waals surface area contributed by atoms with Gasteiger partial charge in [-0.1, -0.05) is 96.6 Å². The molecule has 220 valence electrons. The topological polar surface area (TPSA) is 33.6 Å². The molecule has 0 spiro atoms. The molecule has 0 unspecified atom stereocenters. The second kappa shape index (κ2) is 10.6. The van der Waals surface area contributed by atoms with Gasteiger partial charge in [-0.2, -0.15) is 5.26 Å². The first kappa shape index (κ1) is 27.0. The number of benzene rings is 7. The van der Waals surface area contributed by atoms with Crippen molar-refractivity contribution < 1.29 is 0 Å². The van der Waals surface area contributed by atoms with Gasteiger partial charge in [-0.15, -0.1) is 0 Å². The lowest BCUT2D eigenvalue weighted by Crippen LogP contribution is -1.96. The van der Waals surface area contributed by atoms with Gasteiger partial charge in [0, 0.05) is 32.9 Å². The molecular weight excluding hydrogens is 571 g/mol. The molecule has 0 N–H and O–H groups in total. The summed E-state index contributed by atoms with van der Waals surface area (Å²) >= 11 is 0. The number of rotatable bonds is 4. The zero-order valence-corrected chi connectivity index (χ0v) is 25.9. The number of hydrogen-bond donors (Lipinski definition) is 0. The molecule has 0 aliphatic carbocycles. The standard InChI is InChI=1S/C44H29N3/c1-29-20-22-43-39(24-29)37-16-4-6-18-41(37)46(43)33-12-8-10-31(26-33)35-14-2-3-15-36(35)32-11-9-13-34(27-32)47-42-19-7-5-17-38(42)40-25-30(28-45)21-23-44(40)47/h2-27H,1H3. The van der Waals surface area contributed by atoms with Gasteiger partial charge in [-0.3, -0.25) is 0 Å². The Morgan fingerprint density at radius 3 is 1.49 bits per heavy atom. The maximum absolute atomic E-state index is 9.59. The van der Waals surface area contributed by atoms with Crippen molar-refractivity contribution in [2.75, 3.05) is 0 Å². The Labute approximate surface area is 272 Å². The Kier molecular flexibility index (Phi) is 6.10. The molecule has 2 aromatic heterocycles. The van der Waals surface area contributed by atoms with E-state index < -0.39 is 0 Å².